The van der Waals surface area contributed by atoms with Crippen LogP contribution < -0.4 is 5.32 Å². The van der Waals surface area contributed by atoms with Gasteiger partial charge in [-0.2, -0.15) is 0 Å². The van der Waals surface area contributed by atoms with Crippen molar-refractivity contribution in [2.75, 3.05) is 26.2 Å². The zero-order chi connectivity index (χ0) is 12.4. The molecule has 1 aromatic rings. The van der Waals surface area contributed by atoms with Crippen molar-refractivity contribution in [3.8, 4) is 0 Å². The number of benzene rings is 1. The number of piperidine rings is 1. The number of hydrogen-bond acceptors (Lipinski definition) is 2. The first-order valence-electron chi connectivity index (χ1n) is 7.25. The second-order valence-corrected chi connectivity index (χ2v) is 6.32. The number of fused-ring (bicyclic) bond motifs is 1. The van der Waals surface area contributed by atoms with Crippen LogP contribution in [0.2, 0.25) is 0 Å². The fourth-order valence-corrected chi connectivity index (χ4v) is 3.48. The highest BCUT2D eigenvalue weighted by Gasteiger charge is 2.30. The lowest BCUT2D eigenvalue weighted by atomic mass is 9.81. The number of rotatable bonds is 2. The molecule has 2 aliphatic rings. The molecule has 0 saturated carbocycles. The van der Waals surface area contributed by atoms with Crippen molar-refractivity contribution in [2.24, 2.45) is 5.41 Å². The summed E-state index contributed by atoms with van der Waals surface area (Å²) in [4.78, 5) is 2.65. The van der Waals surface area contributed by atoms with E-state index in [0.717, 1.165) is 6.54 Å². The van der Waals surface area contributed by atoms with Crippen LogP contribution in [0.3, 0.4) is 0 Å². The van der Waals surface area contributed by atoms with Gasteiger partial charge in [-0.1, -0.05) is 31.2 Å². The molecule has 0 aromatic heterocycles. The maximum absolute atomic E-state index is 3.56. The van der Waals surface area contributed by atoms with E-state index in [-0.39, 0.29) is 0 Å². The molecule has 98 valence electrons. The van der Waals surface area contributed by atoms with Crippen molar-refractivity contribution in [3.05, 3.63) is 35.4 Å². The van der Waals surface area contributed by atoms with Crippen LogP contribution in [0.25, 0.3) is 0 Å². The van der Waals surface area contributed by atoms with E-state index in [1.165, 1.54) is 51.0 Å². The summed E-state index contributed by atoms with van der Waals surface area (Å²) < 4.78 is 0. The Kier molecular flexibility index (Phi) is 3.40. The first-order valence-corrected chi connectivity index (χ1v) is 7.25. The highest BCUT2D eigenvalue weighted by atomic mass is 15.1. The standard InChI is InChI=1S/C16H24N2/c1-16(8-4-9-17-12-16)13-18-10-7-14-5-2-3-6-15(14)11-18/h2-3,5-6,17H,4,7-13H2,1H3. The van der Waals surface area contributed by atoms with E-state index in [2.05, 4.69) is 41.4 Å². The van der Waals surface area contributed by atoms with Gasteiger partial charge in [-0.05, 0) is 42.3 Å². The van der Waals surface area contributed by atoms with E-state index in [1.807, 2.05) is 0 Å². The molecule has 0 aliphatic carbocycles. The van der Waals surface area contributed by atoms with Crippen LogP contribution in [-0.4, -0.2) is 31.1 Å². The molecule has 2 nitrogen and oxygen atoms in total. The molecule has 1 fully saturated rings. The van der Waals surface area contributed by atoms with Gasteiger partial charge in [0.1, 0.15) is 0 Å². The summed E-state index contributed by atoms with van der Waals surface area (Å²) in [5.74, 6) is 0. The summed E-state index contributed by atoms with van der Waals surface area (Å²) in [6, 6.07) is 8.92. The minimum absolute atomic E-state index is 0.477. The van der Waals surface area contributed by atoms with Crippen LogP contribution in [-0.2, 0) is 13.0 Å². The SMILES string of the molecule is CC1(CN2CCc3ccccc3C2)CCCNC1. The minimum Gasteiger partial charge on any atom is -0.316 e. The molecule has 1 saturated heterocycles. The molecular weight excluding hydrogens is 220 g/mol. The second-order valence-electron chi connectivity index (χ2n) is 6.32. The molecule has 1 aromatic carbocycles. The fraction of sp³-hybridized carbons (Fsp3) is 0.625. The van der Waals surface area contributed by atoms with Crippen LogP contribution in [0.5, 0.6) is 0 Å². The van der Waals surface area contributed by atoms with Crippen molar-refractivity contribution < 1.29 is 0 Å². The first kappa shape index (κ1) is 12.2. The van der Waals surface area contributed by atoms with Crippen molar-refractivity contribution in [1.82, 2.24) is 10.2 Å². The Morgan fingerprint density at radius 2 is 2.11 bits per heavy atom. The molecule has 2 heterocycles. The van der Waals surface area contributed by atoms with Gasteiger partial charge in [-0.3, -0.25) is 4.90 Å². The van der Waals surface area contributed by atoms with Crippen LogP contribution >= 0.6 is 0 Å². The molecule has 3 rings (SSSR count). The Morgan fingerprint density at radius 3 is 2.89 bits per heavy atom. The van der Waals surface area contributed by atoms with Crippen LogP contribution in [0.4, 0.5) is 0 Å². The molecule has 2 aliphatic heterocycles. The van der Waals surface area contributed by atoms with Crippen molar-refractivity contribution in [3.63, 3.8) is 0 Å². The monoisotopic (exact) mass is 244 g/mol. The van der Waals surface area contributed by atoms with Crippen molar-refractivity contribution >= 4 is 0 Å². The normalized spacial score (nSPS) is 28.9. The zero-order valence-electron chi connectivity index (χ0n) is 11.4. The number of hydrogen-bond donors (Lipinski definition) is 1. The van der Waals surface area contributed by atoms with E-state index in [4.69, 9.17) is 0 Å². The lowest BCUT2D eigenvalue weighted by Gasteiger charge is -2.40. The third-order valence-corrected chi connectivity index (χ3v) is 4.50. The molecule has 18 heavy (non-hydrogen) atoms. The fourth-order valence-electron chi connectivity index (χ4n) is 3.48. The Labute approximate surface area is 110 Å². The average molecular weight is 244 g/mol. The molecule has 0 radical (unpaired) electrons. The predicted octanol–water partition coefficient (Wildman–Crippen LogP) is 2.43. The molecule has 1 N–H and O–H groups in total. The molecule has 1 unspecified atom stereocenters. The maximum atomic E-state index is 3.56. The van der Waals surface area contributed by atoms with Gasteiger partial charge in [0.2, 0.25) is 0 Å². The average Bonchev–Trinajstić information content (AvgIpc) is 2.39. The van der Waals surface area contributed by atoms with Gasteiger partial charge in [-0.15, -0.1) is 0 Å². The molecule has 0 bridgehead atoms. The topological polar surface area (TPSA) is 15.3 Å². The summed E-state index contributed by atoms with van der Waals surface area (Å²) >= 11 is 0. The maximum Gasteiger partial charge on any atom is 0.0236 e. The Bertz CT molecular complexity index is 407. The third-order valence-electron chi connectivity index (χ3n) is 4.50. The van der Waals surface area contributed by atoms with Crippen molar-refractivity contribution in [2.45, 2.75) is 32.7 Å². The summed E-state index contributed by atoms with van der Waals surface area (Å²) in [5.41, 5.74) is 3.57. The van der Waals surface area contributed by atoms with Crippen LogP contribution in [0.1, 0.15) is 30.9 Å². The second kappa shape index (κ2) is 5.02. The number of nitrogens with zero attached hydrogens (tertiary/aromatic N) is 1. The van der Waals surface area contributed by atoms with Gasteiger partial charge in [0.05, 0.1) is 0 Å². The summed E-state index contributed by atoms with van der Waals surface area (Å²) in [6.07, 6.45) is 3.93. The van der Waals surface area contributed by atoms with Gasteiger partial charge in [0, 0.05) is 26.2 Å². The summed E-state index contributed by atoms with van der Waals surface area (Å²) in [7, 11) is 0. The Morgan fingerprint density at radius 1 is 1.28 bits per heavy atom. The van der Waals surface area contributed by atoms with E-state index in [9.17, 15) is 0 Å². The van der Waals surface area contributed by atoms with Crippen LogP contribution in [0, 0.1) is 5.41 Å². The largest absolute Gasteiger partial charge is 0.316 e. The summed E-state index contributed by atoms with van der Waals surface area (Å²) in [5, 5.41) is 3.56. The zero-order valence-corrected chi connectivity index (χ0v) is 11.4. The highest BCUT2D eigenvalue weighted by molar-refractivity contribution is 5.29. The first-order chi connectivity index (χ1) is 8.75. The third kappa shape index (κ3) is 2.60. The highest BCUT2D eigenvalue weighted by Crippen LogP contribution is 2.29. The molecule has 0 amide bonds. The number of nitrogens with one attached hydrogen (secondary N) is 1. The minimum atomic E-state index is 0.477. The van der Waals surface area contributed by atoms with E-state index < -0.39 is 0 Å². The van der Waals surface area contributed by atoms with Gasteiger partial charge in [-0.25, -0.2) is 0 Å². The van der Waals surface area contributed by atoms with E-state index in [1.54, 1.807) is 5.56 Å². The quantitative estimate of drug-likeness (QED) is 0.859. The van der Waals surface area contributed by atoms with Gasteiger partial charge < -0.3 is 5.32 Å². The lowest BCUT2D eigenvalue weighted by molar-refractivity contribution is 0.123. The smallest absolute Gasteiger partial charge is 0.0236 e. The molecule has 1 atom stereocenters. The van der Waals surface area contributed by atoms with Gasteiger partial charge in [0.25, 0.3) is 0 Å². The summed E-state index contributed by atoms with van der Waals surface area (Å²) in [6.45, 7) is 8.45. The van der Waals surface area contributed by atoms with E-state index >= 15 is 0 Å². The van der Waals surface area contributed by atoms with E-state index in [0.29, 0.717) is 5.41 Å². The van der Waals surface area contributed by atoms with Gasteiger partial charge >= 0.3 is 0 Å². The van der Waals surface area contributed by atoms with Gasteiger partial charge in [0.15, 0.2) is 0 Å². The molecule has 2 heteroatoms. The van der Waals surface area contributed by atoms with Crippen molar-refractivity contribution in [1.29, 1.82) is 0 Å². The Hall–Kier alpha value is -0.860. The Balaban J connectivity index is 1.65. The molecule has 0 spiro atoms. The van der Waals surface area contributed by atoms with Crippen LogP contribution in [0.15, 0.2) is 24.3 Å². The molecular formula is C16H24N2. The predicted molar refractivity (Wildman–Crippen MR) is 75.6 cm³/mol. The lowest BCUT2D eigenvalue weighted by Crippen LogP contribution is -2.46.